The predicted octanol–water partition coefficient (Wildman–Crippen LogP) is 4.44. The van der Waals surface area contributed by atoms with Crippen LogP contribution in [-0.4, -0.2) is 19.0 Å². The Bertz CT molecular complexity index is 841. The number of aryl methyl sites for hydroxylation is 1. The Morgan fingerprint density at radius 2 is 1.63 bits per heavy atom. The number of hydrogen-bond acceptors (Lipinski definition) is 4. The number of anilines is 3. The molecule has 3 rings (SSSR count). The van der Waals surface area contributed by atoms with Crippen LogP contribution in [0.1, 0.15) is 24.8 Å². The van der Waals surface area contributed by atoms with E-state index in [2.05, 4.69) is 27.7 Å². The predicted molar refractivity (Wildman–Crippen MR) is 110 cm³/mol. The van der Waals surface area contributed by atoms with Crippen molar-refractivity contribution in [3.8, 4) is 6.07 Å². The minimum Gasteiger partial charge on any atom is -0.372 e. The van der Waals surface area contributed by atoms with Gasteiger partial charge in [-0.05, 0) is 62.6 Å². The van der Waals surface area contributed by atoms with Crippen LogP contribution in [0.4, 0.5) is 17.1 Å². The van der Waals surface area contributed by atoms with E-state index in [4.69, 9.17) is 0 Å². The normalized spacial score (nSPS) is 14.4. The van der Waals surface area contributed by atoms with E-state index in [0.29, 0.717) is 5.69 Å². The summed E-state index contributed by atoms with van der Waals surface area (Å²) in [6, 6.07) is 17.5. The van der Waals surface area contributed by atoms with E-state index < -0.39 is 5.91 Å². The summed E-state index contributed by atoms with van der Waals surface area (Å²) in [5, 5.41) is 15.1. The van der Waals surface area contributed by atoms with Gasteiger partial charge in [-0.2, -0.15) is 5.26 Å². The first-order valence-corrected chi connectivity index (χ1v) is 9.25. The molecule has 0 atom stereocenters. The SMILES string of the molecule is Cc1ccc(NC(=O)/C(C#N)=C\Nc2ccc(N3CCCCC3)cc2)cc1. The van der Waals surface area contributed by atoms with Gasteiger partial charge in [-0.15, -0.1) is 0 Å². The van der Waals surface area contributed by atoms with Crippen LogP contribution in [0, 0.1) is 18.3 Å². The largest absolute Gasteiger partial charge is 0.372 e. The molecule has 0 aliphatic carbocycles. The van der Waals surface area contributed by atoms with Crippen LogP contribution >= 0.6 is 0 Å². The number of nitrogens with one attached hydrogen (secondary N) is 2. The molecule has 1 heterocycles. The third-order valence-corrected chi connectivity index (χ3v) is 4.65. The number of piperidine rings is 1. The topological polar surface area (TPSA) is 68.2 Å². The smallest absolute Gasteiger partial charge is 0.267 e. The van der Waals surface area contributed by atoms with E-state index >= 15 is 0 Å². The lowest BCUT2D eigenvalue weighted by Gasteiger charge is -2.28. The zero-order chi connectivity index (χ0) is 19.1. The van der Waals surface area contributed by atoms with Gasteiger partial charge < -0.3 is 15.5 Å². The molecule has 2 aromatic rings. The zero-order valence-corrected chi connectivity index (χ0v) is 15.5. The summed E-state index contributed by atoms with van der Waals surface area (Å²) in [5.41, 5.74) is 3.85. The molecule has 27 heavy (non-hydrogen) atoms. The fraction of sp³-hybridized carbons (Fsp3) is 0.273. The maximum absolute atomic E-state index is 12.3. The number of benzene rings is 2. The van der Waals surface area contributed by atoms with Crippen molar-refractivity contribution in [2.24, 2.45) is 0 Å². The van der Waals surface area contributed by atoms with Crippen LogP contribution in [0.2, 0.25) is 0 Å². The summed E-state index contributed by atoms with van der Waals surface area (Å²) in [6.07, 6.45) is 5.23. The van der Waals surface area contributed by atoms with Crippen molar-refractivity contribution in [2.75, 3.05) is 28.6 Å². The average molecular weight is 360 g/mol. The van der Waals surface area contributed by atoms with Crippen molar-refractivity contribution in [3.63, 3.8) is 0 Å². The molecule has 0 radical (unpaired) electrons. The summed E-state index contributed by atoms with van der Waals surface area (Å²) in [5.74, 6) is -0.432. The van der Waals surface area contributed by atoms with Crippen molar-refractivity contribution in [1.82, 2.24) is 0 Å². The van der Waals surface area contributed by atoms with E-state index in [1.807, 2.05) is 49.4 Å². The molecule has 1 saturated heterocycles. The summed E-state index contributed by atoms with van der Waals surface area (Å²) < 4.78 is 0. The summed E-state index contributed by atoms with van der Waals surface area (Å²) >= 11 is 0. The van der Waals surface area contributed by atoms with Crippen molar-refractivity contribution in [3.05, 3.63) is 65.9 Å². The number of rotatable bonds is 5. The Morgan fingerprint density at radius 1 is 1.00 bits per heavy atom. The zero-order valence-electron chi connectivity index (χ0n) is 15.5. The molecule has 1 aliphatic heterocycles. The highest BCUT2D eigenvalue weighted by molar-refractivity contribution is 6.06. The molecule has 138 valence electrons. The molecular formula is C22H24N4O. The minimum atomic E-state index is -0.432. The first-order chi connectivity index (χ1) is 13.2. The number of nitrogens with zero attached hydrogens (tertiary/aromatic N) is 2. The molecular weight excluding hydrogens is 336 g/mol. The first kappa shape index (κ1) is 18.5. The maximum Gasteiger partial charge on any atom is 0.267 e. The van der Waals surface area contributed by atoms with Gasteiger partial charge in [-0.1, -0.05) is 17.7 Å². The second-order valence-corrected chi connectivity index (χ2v) is 6.73. The fourth-order valence-electron chi connectivity index (χ4n) is 3.06. The first-order valence-electron chi connectivity index (χ1n) is 9.25. The standard InChI is InChI=1S/C22H24N4O/c1-17-5-7-20(8-6-17)25-22(27)18(15-23)16-24-19-9-11-21(12-10-19)26-13-3-2-4-14-26/h5-12,16,24H,2-4,13-14H2,1H3,(H,25,27)/b18-16-. The second kappa shape index (κ2) is 8.91. The minimum absolute atomic E-state index is 0.0238. The average Bonchev–Trinajstić information content (AvgIpc) is 2.71. The van der Waals surface area contributed by atoms with Crippen molar-refractivity contribution in [2.45, 2.75) is 26.2 Å². The number of carbonyl (C=O) groups excluding carboxylic acids is 1. The quantitative estimate of drug-likeness (QED) is 0.611. The van der Waals surface area contributed by atoms with Crippen LogP contribution in [0.15, 0.2) is 60.3 Å². The van der Waals surface area contributed by atoms with Crippen LogP contribution in [0.3, 0.4) is 0 Å². The molecule has 5 heteroatoms. The van der Waals surface area contributed by atoms with Gasteiger partial charge in [0.1, 0.15) is 11.6 Å². The van der Waals surface area contributed by atoms with Crippen molar-refractivity contribution in [1.29, 1.82) is 5.26 Å². The number of amides is 1. The molecule has 0 aromatic heterocycles. The molecule has 1 fully saturated rings. The van der Waals surface area contributed by atoms with Gasteiger partial charge in [0, 0.05) is 36.4 Å². The summed E-state index contributed by atoms with van der Waals surface area (Å²) in [6.45, 7) is 4.18. The molecule has 1 amide bonds. The van der Waals surface area contributed by atoms with Gasteiger partial charge in [0.25, 0.3) is 5.91 Å². The lowest BCUT2D eigenvalue weighted by atomic mass is 10.1. The highest BCUT2D eigenvalue weighted by Crippen LogP contribution is 2.22. The lowest BCUT2D eigenvalue weighted by molar-refractivity contribution is -0.112. The van der Waals surface area contributed by atoms with Crippen LogP contribution in [-0.2, 0) is 4.79 Å². The van der Waals surface area contributed by atoms with E-state index in [-0.39, 0.29) is 5.57 Å². The Hall–Kier alpha value is -3.26. The molecule has 5 nitrogen and oxygen atoms in total. The third-order valence-electron chi connectivity index (χ3n) is 4.65. The van der Waals surface area contributed by atoms with Gasteiger partial charge in [0.15, 0.2) is 0 Å². The van der Waals surface area contributed by atoms with E-state index in [0.717, 1.165) is 24.3 Å². The Balaban J connectivity index is 1.61. The van der Waals surface area contributed by atoms with Gasteiger partial charge in [-0.25, -0.2) is 0 Å². The van der Waals surface area contributed by atoms with Crippen LogP contribution in [0.25, 0.3) is 0 Å². The molecule has 2 aromatic carbocycles. The number of nitriles is 1. The summed E-state index contributed by atoms with van der Waals surface area (Å²) in [7, 11) is 0. The third kappa shape index (κ3) is 5.11. The van der Waals surface area contributed by atoms with E-state index in [1.54, 1.807) is 0 Å². The number of hydrogen-bond donors (Lipinski definition) is 2. The monoisotopic (exact) mass is 360 g/mol. The molecule has 0 unspecified atom stereocenters. The molecule has 0 spiro atoms. The highest BCUT2D eigenvalue weighted by atomic mass is 16.1. The van der Waals surface area contributed by atoms with Crippen LogP contribution in [0.5, 0.6) is 0 Å². The van der Waals surface area contributed by atoms with Crippen LogP contribution < -0.4 is 15.5 Å². The fourth-order valence-corrected chi connectivity index (χ4v) is 3.06. The van der Waals surface area contributed by atoms with Gasteiger partial charge in [0.05, 0.1) is 0 Å². The van der Waals surface area contributed by atoms with E-state index in [9.17, 15) is 10.1 Å². The van der Waals surface area contributed by atoms with E-state index in [1.165, 1.54) is 31.1 Å². The maximum atomic E-state index is 12.3. The van der Waals surface area contributed by atoms with Crippen molar-refractivity contribution < 1.29 is 4.79 Å². The van der Waals surface area contributed by atoms with Gasteiger partial charge in [-0.3, -0.25) is 4.79 Å². The Morgan fingerprint density at radius 3 is 2.26 bits per heavy atom. The second-order valence-electron chi connectivity index (χ2n) is 6.73. The lowest BCUT2D eigenvalue weighted by Crippen LogP contribution is -2.29. The van der Waals surface area contributed by atoms with Crippen molar-refractivity contribution >= 4 is 23.0 Å². The molecule has 1 aliphatic rings. The Labute approximate surface area is 160 Å². The molecule has 0 bridgehead atoms. The molecule has 2 N–H and O–H groups in total. The van der Waals surface area contributed by atoms with Gasteiger partial charge in [0.2, 0.25) is 0 Å². The number of carbonyl (C=O) groups is 1. The summed E-state index contributed by atoms with van der Waals surface area (Å²) in [4.78, 5) is 14.6. The highest BCUT2D eigenvalue weighted by Gasteiger charge is 2.11. The Kier molecular flexibility index (Phi) is 6.11. The van der Waals surface area contributed by atoms with Gasteiger partial charge >= 0.3 is 0 Å². The molecule has 0 saturated carbocycles.